The molecule has 0 heterocycles. The Labute approximate surface area is 118 Å². The number of nitrogens with one attached hydrogen (secondary N) is 2. The number of imide groups is 1. The second kappa shape index (κ2) is 7.49. The summed E-state index contributed by atoms with van der Waals surface area (Å²) >= 11 is 0. The number of benzene rings is 1. The third-order valence-corrected chi connectivity index (χ3v) is 2.60. The molecule has 6 heteroatoms. The van der Waals surface area contributed by atoms with E-state index >= 15 is 0 Å². The fraction of sp³-hybridized carbons (Fsp3) is 0.429. The van der Waals surface area contributed by atoms with Crippen molar-refractivity contribution in [3.63, 3.8) is 0 Å². The second-order valence-corrected chi connectivity index (χ2v) is 4.80. The van der Waals surface area contributed by atoms with Crippen molar-refractivity contribution in [3.05, 3.63) is 29.3 Å². The number of nitrogens with two attached hydrogens (primary N) is 1. The summed E-state index contributed by atoms with van der Waals surface area (Å²) in [6, 6.07) is 5.24. The molecule has 0 unspecified atom stereocenters. The summed E-state index contributed by atoms with van der Waals surface area (Å²) in [5.41, 5.74) is 6.76. The van der Waals surface area contributed by atoms with Crippen LogP contribution < -0.4 is 21.1 Å². The van der Waals surface area contributed by atoms with Gasteiger partial charge in [0.15, 0.2) is 6.61 Å². The number of para-hydroxylation sites is 1. The molecule has 0 aliphatic carbocycles. The predicted octanol–water partition coefficient (Wildman–Crippen LogP) is 1.07. The first kappa shape index (κ1) is 16.0. The molecular weight excluding hydrogens is 258 g/mol. The van der Waals surface area contributed by atoms with Crippen molar-refractivity contribution < 1.29 is 14.3 Å². The number of carbonyl (C=O) groups is 2. The van der Waals surface area contributed by atoms with Crippen LogP contribution in [0.3, 0.4) is 0 Å². The molecule has 4 N–H and O–H groups in total. The lowest BCUT2D eigenvalue weighted by atomic mass is 10.1. The number of rotatable bonds is 6. The van der Waals surface area contributed by atoms with Crippen LogP contribution in [0.2, 0.25) is 0 Å². The highest BCUT2D eigenvalue weighted by atomic mass is 16.5. The van der Waals surface area contributed by atoms with E-state index in [0.717, 1.165) is 11.1 Å². The van der Waals surface area contributed by atoms with Crippen molar-refractivity contribution in [2.75, 3.05) is 6.61 Å². The molecule has 0 aliphatic rings. The lowest BCUT2D eigenvalue weighted by Gasteiger charge is -2.15. The summed E-state index contributed by atoms with van der Waals surface area (Å²) in [5.74, 6) is 0.0868. The highest BCUT2D eigenvalue weighted by molar-refractivity contribution is 5.94. The second-order valence-electron chi connectivity index (χ2n) is 4.80. The van der Waals surface area contributed by atoms with E-state index in [1.165, 1.54) is 0 Å². The molecule has 3 amide bonds. The maximum Gasteiger partial charge on any atom is 0.318 e. The maximum absolute atomic E-state index is 11.4. The van der Waals surface area contributed by atoms with Gasteiger partial charge in [-0.25, -0.2) is 4.79 Å². The summed E-state index contributed by atoms with van der Waals surface area (Å²) < 4.78 is 5.50. The van der Waals surface area contributed by atoms with Crippen LogP contribution in [0.1, 0.15) is 25.0 Å². The quantitative estimate of drug-likeness (QED) is 0.726. The van der Waals surface area contributed by atoms with Gasteiger partial charge in [-0.1, -0.05) is 32.0 Å². The predicted molar refractivity (Wildman–Crippen MR) is 76.4 cm³/mol. The smallest absolute Gasteiger partial charge is 0.318 e. The molecule has 0 aliphatic heterocycles. The Morgan fingerprint density at radius 3 is 2.65 bits per heavy atom. The number of ether oxygens (including phenoxy) is 1. The monoisotopic (exact) mass is 279 g/mol. The minimum Gasteiger partial charge on any atom is -0.483 e. The molecule has 0 spiro atoms. The fourth-order valence-electron chi connectivity index (χ4n) is 1.68. The molecule has 0 bridgehead atoms. The molecule has 20 heavy (non-hydrogen) atoms. The molecule has 1 rings (SSSR count). The first-order valence-electron chi connectivity index (χ1n) is 6.44. The zero-order valence-corrected chi connectivity index (χ0v) is 12.0. The normalized spacial score (nSPS) is 10.4. The maximum atomic E-state index is 11.4. The van der Waals surface area contributed by atoms with E-state index in [0.29, 0.717) is 18.3 Å². The number of hydrogen-bond donors (Lipinski definition) is 3. The lowest BCUT2D eigenvalue weighted by Crippen LogP contribution is -2.38. The van der Waals surface area contributed by atoms with E-state index < -0.39 is 11.9 Å². The topological polar surface area (TPSA) is 93.4 Å². The standard InChI is InChI=1S/C14H21N3O3/c1-9(2)16-7-11-6-4-5-10(3)13(11)20-8-12(18)17-14(15)19/h4-6,9,16H,7-8H2,1-3H3,(H3,15,17,18,19). The highest BCUT2D eigenvalue weighted by Crippen LogP contribution is 2.23. The van der Waals surface area contributed by atoms with Crippen molar-refractivity contribution in [3.8, 4) is 5.75 Å². The van der Waals surface area contributed by atoms with Crippen LogP contribution >= 0.6 is 0 Å². The van der Waals surface area contributed by atoms with Gasteiger partial charge in [0, 0.05) is 18.2 Å². The molecule has 6 nitrogen and oxygen atoms in total. The Balaban J connectivity index is 2.72. The molecule has 110 valence electrons. The zero-order valence-electron chi connectivity index (χ0n) is 12.0. The Kier molecular flexibility index (Phi) is 5.99. The van der Waals surface area contributed by atoms with E-state index in [1.54, 1.807) is 0 Å². The summed E-state index contributed by atoms with van der Waals surface area (Å²) in [6.07, 6.45) is 0. The number of aryl methyl sites for hydroxylation is 1. The van der Waals surface area contributed by atoms with E-state index in [1.807, 2.05) is 30.4 Å². The van der Waals surface area contributed by atoms with Gasteiger partial charge in [-0.3, -0.25) is 10.1 Å². The third-order valence-electron chi connectivity index (χ3n) is 2.60. The third kappa shape index (κ3) is 5.27. The van der Waals surface area contributed by atoms with Crippen LogP contribution in [0.15, 0.2) is 18.2 Å². The Morgan fingerprint density at radius 1 is 1.35 bits per heavy atom. The highest BCUT2D eigenvalue weighted by Gasteiger charge is 2.10. The number of primary amides is 1. The number of hydrogen-bond acceptors (Lipinski definition) is 4. The van der Waals surface area contributed by atoms with Crippen LogP contribution in [-0.2, 0) is 11.3 Å². The van der Waals surface area contributed by atoms with Gasteiger partial charge >= 0.3 is 6.03 Å². The molecular formula is C14H21N3O3. The van der Waals surface area contributed by atoms with E-state index in [-0.39, 0.29) is 6.61 Å². The minimum atomic E-state index is -0.884. The van der Waals surface area contributed by atoms with Crippen molar-refractivity contribution in [2.45, 2.75) is 33.4 Å². The van der Waals surface area contributed by atoms with Crippen LogP contribution in [0.25, 0.3) is 0 Å². The number of carbonyl (C=O) groups excluding carboxylic acids is 2. The van der Waals surface area contributed by atoms with Gasteiger partial charge in [0.25, 0.3) is 5.91 Å². The summed E-state index contributed by atoms with van der Waals surface area (Å²) in [7, 11) is 0. The molecule has 1 aromatic carbocycles. The molecule has 0 saturated carbocycles. The van der Waals surface area contributed by atoms with Crippen LogP contribution in [0.5, 0.6) is 5.75 Å². The Morgan fingerprint density at radius 2 is 2.05 bits per heavy atom. The molecule has 0 fully saturated rings. The molecule has 1 aromatic rings. The van der Waals surface area contributed by atoms with Crippen LogP contribution in [-0.4, -0.2) is 24.6 Å². The van der Waals surface area contributed by atoms with Crippen molar-refractivity contribution in [1.82, 2.24) is 10.6 Å². The van der Waals surface area contributed by atoms with E-state index in [2.05, 4.69) is 19.2 Å². The van der Waals surface area contributed by atoms with E-state index in [4.69, 9.17) is 10.5 Å². The fourth-order valence-corrected chi connectivity index (χ4v) is 1.68. The average molecular weight is 279 g/mol. The number of amides is 3. The van der Waals surface area contributed by atoms with Crippen molar-refractivity contribution >= 4 is 11.9 Å². The molecule has 0 aromatic heterocycles. The van der Waals surface area contributed by atoms with E-state index in [9.17, 15) is 9.59 Å². The van der Waals surface area contributed by atoms with Crippen molar-refractivity contribution in [1.29, 1.82) is 0 Å². The SMILES string of the molecule is Cc1cccc(CNC(C)C)c1OCC(=O)NC(N)=O. The van der Waals surface area contributed by atoms with Crippen LogP contribution in [0, 0.1) is 6.92 Å². The average Bonchev–Trinajstić information content (AvgIpc) is 2.34. The number of urea groups is 1. The molecule has 0 saturated heterocycles. The molecule has 0 radical (unpaired) electrons. The largest absolute Gasteiger partial charge is 0.483 e. The van der Waals surface area contributed by atoms with Gasteiger partial charge in [-0.05, 0) is 12.5 Å². The van der Waals surface area contributed by atoms with Gasteiger partial charge in [-0.2, -0.15) is 0 Å². The first-order valence-corrected chi connectivity index (χ1v) is 6.44. The Hall–Kier alpha value is -2.08. The lowest BCUT2D eigenvalue weighted by molar-refractivity contribution is -0.121. The summed E-state index contributed by atoms with van der Waals surface area (Å²) in [6.45, 7) is 6.40. The van der Waals surface area contributed by atoms with Gasteiger partial charge in [-0.15, -0.1) is 0 Å². The summed E-state index contributed by atoms with van der Waals surface area (Å²) in [4.78, 5) is 21.9. The summed E-state index contributed by atoms with van der Waals surface area (Å²) in [5, 5.41) is 5.26. The van der Waals surface area contributed by atoms with Gasteiger partial charge in [0.05, 0.1) is 0 Å². The zero-order chi connectivity index (χ0) is 15.1. The van der Waals surface area contributed by atoms with Gasteiger partial charge in [0.1, 0.15) is 5.75 Å². The van der Waals surface area contributed by atoms with Crippen molar-refractivity contribution in [2.24, 2.45) is 5.73 Å². The van der Waals surface area contributed by atoms with Gasteiger partial charge < -0.3 is 15.8 Å². The van der Waals surface area contributed by atoms with Gasteiger partial charge in [0.2, 0.25) is 0 Å². The molecule has 0 atom stereocenters. The first-order chi connectivity index (χ1) is 9.40. The van der Waals surface area contributed by atoms with Crippen LogP contribution in [0.4, 0.5) is 4.79 Å². The minimum absolute atomic E-state index is 0.248. The Bertz CT molecular complexity index is 487.